The Balaban J connectivity index is 1.73. The molecule has 1 aliphatic heterocycles. The average Bonchev–Trinajstić information content (AvgIpc) is 2.61. The number of nitrogens with zero attached hydrogens (tertiary/aromatic N) is 3. The van der Waals surface area contributed by atoms with Crippen molar-refractivity contribution in [1.29, 1.82) is 0 Å². The number of morpholine rings is 1. The highest BCUT2D eigenvalue weighted by atomic mass is 35.5. The van der Waals surface area contributed by atoms with Crippen LogP contribution in [0.5, 0.6) is 0 Å². The highest BCUT2D eigenvalue weighted by Crippen LogP contribution is 2.24. The Morgan fingerprint density at radius 3 is 2.38 bits per heavy atom. The molecule has 0 radical (unpaired) electrons. The summed E-state index contributed by atoms with van der Waals surface area (Å²) in [5, 5.41) is 6.07. The van der Waals surface area contributed by atoms with E-state index in [1.807, 2.05) is 26.8 Å². The Morgan fingerprint density at radius 2 is 1.77 bits per heavy atom. The monoisotopic (exact) mass is 375 g/mol. The molecule has 0 saturated carbocycles. The van der Waals surface area contributed by atoms with Gasteiger partial charge in [-0.2, -0.15) is 0 Å². The lowest BCUT2D eigenvalue weighted by Crippen LogP contribution is -2.37. The number of halogens is 1. The Bertz CT molecular complexity index is 798. The normalized spacial score (nSPS) is 14.2. The molecule has 1 aliphatic rings. The summed E-state index contributed by atoms with van der Waals surface area (Å²) in [6, 6.07) is 5.07. The van der Waals surface area contributed by atoms with Crippen LogP contribution in [0.2, 0.25) is 5.02 Å². The molecule has 1 fully saturated rings. The fourth-order valence-electron chi connectivity index (χ4n) is 2.77. The van der Waals surface area contributed by atoms with E-state index in [2.05, 4.69) is 25.5 Å². The number of carbonyl (C=O) groups is 1. The molecular formula is C18H22ClN5O2. The molecule has 7 nitrogen and oxygen atoms in total. The van der Waals surface area contributed by atoms with Crippen molar-refractivity contribution >= 4 is 35.0 Å². The van der Waals surface area contributed by atoms with Crippen molar-refractivity contribution in [2.75, 3.05) is 41.8 Å². The molecule has 2 aromatic rings. The van der Waals surface area contributed by atoms with E-state index < -0.39 is 0 Å². The van der Waals surface area contributed by atoms with E-state index >= 15 is 0 Å². The van der Waals surface area contributed by atoms with Gasteiger partial charge in [-0.05, 0) is 38.5 Å². The lowest BCUT2D eigenvalue weighted by atomic mass is 10.2. The van der Waals surface area contributed by atoms with Gasteiger partial charge in [0.2, 0.25) is 5.95 Å². The summed E-state index contributed by atoms with van der Waals surface area (Å²) < 4.78 is 5.36. The predicted molar refractivity (Wildman–Crippen MR) is 103 cm³/mol. The van der Waals surface area contributed by atoms with E-state index in [0.717, 1.165) is 18.7 Å². The van der Waals surface area contributed by atoms with Crippen LogP contribution < -0.4 is 15.5 Å². The van der Waals surface area contributed by atoms with Gasteiger partial charge in [0.05, 0.1) is 41.0 Å². The van der Waals surface area contributed by atoms with Crippen molar-refractivity contribution in [3.05, 3.63) is 40.2 Å². The van der Waals surface area contributed by atoms with E-state index in [4.69, 9.17) is 16.3 Å². The quantitative estimate of drug-likeness (QED) is 0.857. The van der Waals surface area contributed by atoms with Crippen LogP contribution in [0, 0.1) is 20.8 Å². The third-order valence-corrected chi connectivity index (χ3v) is 4.48. The van der Waals surface area contributed by atoms with Crippen LogP contribution in [0.4, 0.5) is 22.1 Å². The number of amides is 2. The topological polar surface area (TPSA) is 79.4 Å². The second-order valence-corrected chi connectivity index (χ2v) is 6.64. The lowest BCUT2D eigenvalue weighted by molar-refractivity contribution is 0.122. The van der Waals surface area contributed by atoms with Gasteiger partial charge in [0, 0.05) is 13.1 Å². The van der Waals surface area contributed by atoms with E-state index in [1.165, 1.54) is 0 Å². The molecule has 0 aliphatic carbocycles. The van der Waals surface area contributed by atoms with Crippen LogP contribution in [0.1, 0.15) is 17.0 Å². The molecule has 0 unspecified atom stereocenters. The minimum atomic E-state index is -0.385. The maximum Gasteiger partial charge on any atom is 0.323 e. The van der Waals surface area contributed by atoms with Crippen molar-refractivity contribution in [2.45, 2.75) is 20.8 Å². The van der Waals surface area contributed by atoms with Crippen molar-refractivity contribution < 1.29 is 9.53 Å². The molecule has 0 bridgehead atoms. The number of hydrogen-bond acceptors (Lipinski definition) is 5. The summed E-state index contributed by atoms with van der Waals surface area (Å²) in [6.07, 6.45) is 0. The second kappa shape index (κ2) is 7.88. The largest absolute Gasteiger partial charge is 0.378 e. The first-order valence-corrected chi connectivity index (χ1v) is 8.84. The van der Waals surface area contributed by atoms with Gasteiger partial charge in [-0.25, -0.2) is 14.8 Å². The van der Waals surface area contributed by atoms with Crippen LogP contribution in [0.25, 0.3) is 0 Å². The van der Waals surface area contributed by atoms with E-state index in [0.29, 0.717) is 46.9 Å². The summed E-state index contributed by atoms with van der Waals surface area (Å²) in [7, 11) is 0. The zero-order valence-electron chi connectivity index (χ0n) is 15.1. The summed E-state index contributed by atoms with van der Waals surface area (Å²) in [6.45, 7) is 8.51. The number of aromatic nitrogens is 2. The number of carbonyl (C=O) groups excluding carboxylic acids is 1. The third kappa shape index (κ3) is 4.23. The number of urea groups is 1. The smallest absolute Gasteiger partial charge is 0.323 e. The van der Waals surface area contributed by atoms with E-state index in [9.17, 15) is 4.79 Å². The number of aryl methyl sites for hydroxylation is 3. The molecule has 2 heterocycles. The Morgan fingerprint density at radius 1 is 1.12 bits per heavy atom. The van der Waals surface area contributed by atoms with Crippen LogP contribution in [0.15, 0.2) is 18.2 Å². The molecule has 3 rings (SSSR count). The zero-order chi connectivity index (χ0) is 18.7. The fourth-order valence-corrected chi connectivity index (χ4v) is 3.06. The molecule has 2 amide bonds. The first-order valence-electron chi connectivity index (χ1n) is 8.46. The number of rotatable bonds is 3. The molecule has 2 N–H and O–H groups in total. The molecule has 1 aromatic heterocycles. The highest BCUT2D eigenvalue weighted by molar-refractivity contribution is 6.33. The second-order valence-electron chi connectivity index (χ2n) is 6.23. The maximum absolute atomic E-state index is 12.3. The number of benzene rings is 1. The highest BCUT2D eigenvalue weighted by Gasteiger charge is 2.18. The van der Waals surface area contributed by atoms with Crippen LogP contribution in [-0.2, 0) is 4.74 Å². The van der Waals surface area contributed by atoms with E-state index in [1.54, 1.807) is 12.1 Å². The molecule has 1 saturated heterocycles. The SMILES string of the molecule is Cc1ccc(NC(=O)Nc2c(C)nc(N3CCOCC3)nc2C)c(Cl)c1. The molecule has 138 valence electrons. The molecule has 8 heteroatoms. The number of anilines is 3. The van der Waals surface area contributed by atoms with Gasteiger partial charge in [-0.1, -0.05) is 17.7 Å². The van der Waals surface area contributed by atoms with Crippen LogP contribution in [0.3, 0.4) is 0 Å². The van der Waals surface area contributed by atoms with Gasteiger partial charge in [0.15, 0.2) is 0 Å². The van der Waals surface area contributed by atoms with E-state index in [-0.39, 0.29) is 6.03 Å². The fraction of sp³-hybridized carbons (Fsp3) is 0.389. The molecule has 0 spiro atoms. The third-order valence-electron chi connectivity index (χ3n) is 4.16. The zero-order valence-corrected chi connectivity index (χ0v) is 15.9. The minimum Gasteiger partial charge on any atom is -0.378 e. The van der Waals surface area contributed by atoms with Gasteiger partial charge in [-0.15, -0.1) is 0 Å². The summed E-state index contributed by atoms with van der Waals surface area (Å²) >= 11 is 6.16. The first-order chi connectivity index (χ1) is 12.4. The Kier molecular flexibility index (Phi) is 5.58. The van der Waals surface area contributed by atoms with Crippen molar-refractivity contribution in [2.24, 2.45) is 0 Å². The van der Waals surface area contributed by atoms with Crippen molar-refractivity contribution in [3.8, 4) is 0 Å². The molecular weight excluding hydrogens is 354 g/mol. The number of ether oxygens (including phenoxy) is 1. The lowest BCUT2D eigenvalue weighted by Gasteiger charge is -2.27. The van der Waals surface area contributed by atoms with Gasteiger partial charge in [0.25, 0.3) is 0 Å². The molecule has 0 atom stereocenters. The molecule has 1 aromatic carbocycles. The minimum absolute atomic E-state index is 0.385. The number of nitrogens with one attached hydrogen (secondary N) is 2. The summed E-state index contributed by atoms with van der Waals surface area (Å²) in [5.41, 5.74) is 3.60. The maximum atomic E-state index is 12.3. The van der Waals surface area contributed by atoms with Gasteiger partial charge in [0.1, 0.15) is 0 Å². The van der Waals surface area contributed by atoms with Gasteiger partial charge in [-0.3, -0.25) is 0 Å². The predicted octanol–water partition coefficient (Wildman–Crippen LogP) is 3.54. The first kappa shape index (κ1) is 18.4. The molecule has 26 heavy (non-hydrogen) atoms. The van der Waals surface area contributed by atoms with Gasteiger partial charge >= 0.3 is 6.03 Å². The van der Waals surface area contributed by atoms with Crippen molar-refractivity contribution in [3.63, 3.8) is 0 Å². The number of hydrogen-bond donors (Lipinski definition) is 2. The Labute approximate surface area is 157 Å². The van der Waals surface area contributed by atoms with Crippen LogP contribution in [-0.4, -0.2) is 42.3 Å². The summed E-state index contributed by atoms with van der Waals surface area (Å²) in [5.74, 6) is 0.663. The van der Waals surface area contributed by atoms with Gasteiger partial charge < -0.3 is 20.3 Å². The standard InChI is InChI=1S/C18H22ClN5O2/c1-11-4-5-15(14(19)10-11)22-18(25)23-16-12(2)20-17(21-13(16)3)24-6-8-26-9-7-24/h4-5,10H,6-9H2,1-3H3,(H2,22,23,25). The Hall–Kier alpha value is -2.38. The summed E-state index contributed by atoms with van der Waals surface area (Å²) in [4.78, 5) is 23.5. The van der Waals surface area contributed by atoms with Crippen molar-refractivity contribution in [1.82, 2.24) is 9.97 Å². The average molecular weight is 376 g/mol. The van der Waals surface area contributed by atoms with Crippen LogP contribution >= 0.6 is 11.6 Å².